The number of hydrogen-bond donors (Lipinski definition) is 0. The van der Waals surface area contributed by atoms with Crippen molar-refractivity contribution < 1.29 is 136 Å². The van der Waals surface area contributed by atoms with Crippen LogP contribution in [0.25, 0.3) is 0 Å². The summed E-state index contributed by atoms with van der Waals surface area (Å²) < 4.78 is 375. The molecule has 3 unspecified atom stereocenters. The molecule has 0 aliphatic heterocycles. The Labute approximate surface area is 264 Å². The van der Waals surface area contributed by atoms with Crippen molar-refractivity contribution in [2.24, 2.45) is 0 Å². The molecule has 0 radical (unpaired) electrons. The molecular formula is C21H11F31. The normalized spacial score (nSPS) is 42.5. The van der Waals surface area contributed by atoms with Crippen LogP contribution in [0.5, 0.6) is 0 Å². The maximum atomic E-state index is 12.7. The minimum absolute atomic E-state index is 0.0782. The van der Waals surface area contributed by atoms with E-state index < -0.39 is 120 Å². The molecule has 9 atom stereocenters. The molecular weight excluding hydrogens is 841 g/mol. The van der Waals surface area contributed by atoms with Gasteiger partial charge in [-0.05, 0) is 6.92 Å². The molecule has 0 spiro atoms. The summed E-state index contributed by atoms with van der Waals surface area (Å²) in [5.74, 6) is -62.6. The molecule has 0 nitrogen and oxygen atoms in total. The van der Waals surface area contributed by atoms with E-state index in [9.17, 15) is 136 Å². The molecule has 0 bridgehead atoms. The first-order chi connectivity index (χ1) is 22.3. The molecule has 0 aromatic carbocycles. The first kappa shape index (κ1) is 47.9. The SMILES string of the molecule is CC1(F)[C@H](F)[C@@H](F)C(F)(F)C1(F)F.FC1C(F)C(F)(F)C(F)(F)C1(F)F.F[C@@H]1[C@H](F)C(F)(F)C(F)(F)C1(F)F.F[C@H]1[C@H](F)C(F)(F)C(F)(F)C1(F)F. The number of hydrogen-bond acceptors (Lipinski definition) is 0. The molecule has 0 aromatic rings. The third kappa shape index (κ3) is 5.86. The average Bonchev–Trinajstić information content (AvgIpc) is 3.21. The zero-order chi connectivity index (χ0) is 42.6. The van der Waals surface area contributed by atoms with E-state index in [-0.39, 0.29) is 6.92 Å². The number of rotatable bonds is 0. The first-order valence-electron chi connectivity index (χ1n) is 12.2. The second-order valence-corrected chi connectivity index (χ2v) is 10.9. The molecule has 0 aromatic heterocycles. The van der Waals surface area contributed by atoms with Crippen molar-refractivity contribution in [3.8, 4) is 0 Å². The Kier molecular flexibility index (Phi) is 11.7. The highest BCUT2D eigenvalue weighted by molar-refractivity contribution is 5.18. The van der Waals surface area contributed by atoms with Crippen LogP contribution >= 0.6 is 0 Å². The van der Waals surface area contributed by atoms with E-state index in [0.29, 0.717) is 0 Å². The van der Waals surface area contributed by atoms with Gasteiger partial charge < -0.3 is 0 Å². The van der Waals surface area contributed by atoms with Gasteiger partial charge in [-0.15, -0.1) is 0 Å². The van der Waals surface area contributed by atoms with Crippen LogP contribution in [0, 0.1) is 0 Å². The van der Waals surface area contributed by atoms with Crippen molar-refractivity contribution in [1.29, 1.82) is 0 Å². The fourth-order valence-electron chi connectivity index (χ4n) is 3.94. The average molecular weight is 852 g/mol. The predicted molar refractivity (Wildman–Crippen MR) is 103 cm³/mol. The third-order valence-corrected chi connectivity index (χ3v) is 7.51. The van der Waals surface area contributed by atoms with E-state index in [1.807, 2.05) is 0 Å². The van der Waals surface area contributed by atoms with E-state index in [1.54, 1.807) is 0 Å². The summed E-state index contributed by atoms with van der Waals surface area (Å²) >= 11 is 0. The van der Waals surface area contributed by atoms with Crippen molar-refractivity contribution in [2.75, 3.05) is 0 Å². The lowest BCUT2D eigenvalue weighted by molar-refractivity contribution is -0.281. The molecule has 0 N–H and O–H groups in total. The lowest BCUT2D eigenvalue weighted by Crippen LogP contribution is -2.49. The van der Waals surface area contributed by atoms with Gasteiger partial charge in [0.2, 0.25) is 48.9 Å². The summed E-state index contributed by atoms with van der Waals surface area (Å²) in [4.78, 5) is 0. The van der Waals surface area contributed by atoms with Gasteiger partial charge in [0.15, 0.2) is 6.17 Å². The largest absolute Gasteiger partial charge is 0.378 e. The van der Waals surface area contributed by atoms with Gasteiger partial charge in [0.05, 0.1) is 0 Å². The Morgan fingerprint density at radius 3 is 0.365 bits per heavy atom. The quantitative estimate of drug-likeness (QED) is 0.213. The first-order valence-corrected chi connectivity index (χ1v) is 12.2. The van der Waals surface area contributed by atoms with Crippen molar-refractivity contribution >= 4 is 0 Å². The maximum Gasteiger partial charge on any atom is 0.378 e. The Morgan fingerprint density at radius 1 is 0.212 bits per heavy atom. The van der Waals surface area contributed by atoms with Crippen LogP contribution in [0.4, 0.5) is 136 Å². The molecule has 52 heavy (non-hydrogen) atoms. The lowest BCUT2D eigenvalue weighted by atomic mass is 10.0. The Morgan fingerprint density at radius 2 is 0.327 bits per heavy atom. The van der Waals surface area contributed by atoms with Gasteiger partial charge in [-0.2, -0.15) is 96.6 Å². The van der Waals surface area contributed by atoms with Gasteiger partial charge in [0.25, 0.3) is 0 Å². The summed E-state index contributed by atoms with van der Waals surface area (Å²) in [5, 5.41) is 0. The Bertz CT molecular complexity index is 987. The third-order valence-electron chi connectivity index (χ3n) is 7.51. The van der Waals surface area contributed by atoms with Crippen LogP contribution in [0.1, 0.15) is 6.92 Å². The fraction of sp³-hybridized carbons (Fsp3) is 1.00. The van der Waals surface area contributed by atoms with Crippen LogP contribution in [0.15, 0.2) is 0 Å². The van der Waals surface area contributed by atoms with Crippen molar-refractivity contribution in [1.82, 2.24) is 0 Å². The summed E-state index contributed by atoms with van der Waals surface area (Å²) in [6.07, 6.45) is -32.4. The molecule has 4 saturated carbocycles. The van der Waals surface area contributed by atoms with Gasteiger partial charge >= 0.3 is 65.1 Å². The second kappa shape index (κ2) is 12.7. The second-order valence-electron chi connectivity index (χ2n) is 10.9. The highest BCUT2D eigenvalue weighted by Crippen LogP contribution is 2.61. The molecule has 0 saturated heterocycles. The molecule has 4 fully saturated rings. The molecule has 312 valence electrons. The smallest absolute Gasteiger partial charge is 0.240 e. The number of alkyl halides is 31. The maximum absolute atomic E-state index is 12.7. The van der Waals surface area contributed by atoms with Crippen LogP contribution in [0.2, 0.25) is 0 Å². The molecule has 31 heteroatoms. The van der Waals surface area contributed by atoms with Crippen molar-refractivity contribution in [3.05, 3.63) is 0 Å². The zero-order valence-corrected chi connectivity index (χ0v) is 23.3. The van der Waals surface area contributed by atoms with Gasteiger partial charge in [-0.25, -0.2) is 39.5 Å². The molecule has 0 heterocycles. The fourth-order valence-corrected chi connectivity index (χ4v) is 3.94. The molecule has 4 aliphatic carbocycles. The van der Waals surface area contributed by atoms with Crippen LogP contribution in [-0.2, 0) is 0 Å². The summed E-state index contributed by atoms with van der Waals surface area (Å²) in [6, 6.07) is 0. The van der Waals surface area contributed by atoms with Gasteiger partial charge in [-0.1, -0.05) is 0 Å². The standard InChI is InChI=1S/C6H5F7.3C5H2F8/c1-4(9)2(7)3(8)5(10,11)6(4,12)13;3*6-1-2(7)4(10,11)5(12,13)3(1,8)9/h2-3H,1H3;3*1-2H/t2-,3-,4?;1-,2+;1-,2-;/m1.0./s1. The highest BCUT2D eigenvalue weighted by atomic mass is 19.4. The van der Waals surface area contributed by atoms with E-state index >= 15 is 0 Å². The molecule has 4 aliphatic rings. The molecule has 0 amide bonds. The molecule has 4 rings (SSSR count). The van der Waals surface area contributed by atoms with Crippen molar-refractivity contribution in [2.45, 2.75) is 127 Å². The summed E-state index contributed by atoms with van der Waals surface area (Å²) in [6.45, 7) is -0.0782. The van der Waals surface area contributed by atoms with Crippen LogP contribution in [0.3, 0.4) is 0 Å². The minimum atomic E-state index is -5.99. The van der Waals surface area contributed by atoms with E-state index in [2.05, 4.69) is 0 Å². The summed E-state index contributed by atoms with van der Waals surface area (Å²) in [7, 11) is 0. The van der Waals surface area contributed by atoms with E-state index in [4.69, 9.17) is 0 Å². The van der Waals surface area contributed by atoms with E-state index in [0.717, 1.165) is 0 Å². The van der Waals surface area contributed by atoms with E-state index in [1.165, 1.54) is 0 Å². The predicted octanol–water partition coefficient (Wildman–Crippen LogP) is 10.4. The number of halogens is 31. The van der Waals surface area contributed by atoms with Crippen molar-refractivity contribution in [3.63, 3.8) is 0 Å². The Balaban J connectivity index is 0.000000347. The van der Waals surface area contributed by atoms with Gasteiger partial charge in [-0.3, -0.25) is 0 Å². The van der Waals surface area contributed by atoms with Gasteiger partial charge in [0.1, 0.15) is 0 Å². The monoisotopic (exact) mass is 852 g/mol. The minimum Gasteiger partial charge on any atom is -0.240 e. The zero-order valence-electron chi connectivity index (χ0n) is 23.3. The van der Waals surface area contributed by atoms with Crippen LogP contribution in [-0.4, -0.2) is 120 Å². The van der Waals surface area contributed by atoms with Crippen LogP contribution < -0.4 is 0 Å². The Hall–Kier alpha value is -2.17. The summed E-state index contributed by atoms with van der Waals surface area (Å²) in [5.41, 5.74) is -4.17. The lowest BCUT2D eigenvalue weighted by Gasteiger charge is -2.25. The highest BCUT2D eigenvalue weighted by Gasteiger charge is 2.89. The topological polar surface area (TPSA) is 0 Å². The van der Waals surface area contributed by atoms with Gasteiger partial charge in [0, 0.05) is 0 Å².